The Bertz CT molecular complexity index is 1000. The number of carbonyl (C=O) groups is 2. The van der Waals surface area contributed by atoms with E-state index in [1.54, 1.807) is 30.3 Å². The van der Waals surface area contributed by atoms with Crippen LogP contribution in [0.5, 0.6) is 5.75 Å². The normalized spacial score (nSPS) is 17.6. The fourth-order valence-corrected chi connectivity index (χ4v) is 3.45. The number of ether oxygens (including phenoxy) is 2. The molecule has 1 aliphatic heterocycles. The Balaban J connectivity index is 2.00. The van der Waals surface area contributed by atoms with Gasteiger partial charge in [-0.15, -0.1) is 0 Å². The van der Waals surface area contributed by atoms with Crippen LogP contribution < -0.4 is 4.74 Å². The van der Waals surface area contributed by atoms with E-state index in [0.29, 0.717) is 23.5 Å². The van der Waals surface area contributed by atoms with Crippen LogP contribution in [0.15, 0.2) is 66.8 Å². The molecule has 1 atom stereocenters. The summed E-state index contributed by atoms with van der Waals surface area (Å²) in [7, 11) is 0. The first-order valence-electron chi connectivity index (χ1n) is 10.0. The number of benzene rings is 2. The Morgan fingerprint density at radius 3 is 2.41 bits per heavy atom. The highest BCUT2D eigenvalue weighted by Gasteiger charge is 2.45. The van der Waals surface area contributed by atoms with Crippen LogP contribution in [-0.4, -0.2) is 59.8 Å². The number of aliphatic hydroxyl groups is 2. The number of carbonyl (C=O) groups excluding carboxylic acids is 2. The number of hydrogen-bond donors (Lipinski definition) is 2. The van der Waals surface area contributed by atoms with E-state index in [4.69, 9.17) is 14.6 Å². The van der Waals surface area contributed by atoms with Gasteiger partial charge < -0.3 is 24.6 Å². The quantitative estimate of drug-likeness (QED) is 0.194. The lowest BCUT2D eigenvalue weighted by Gasteiger charge is -2.25. The van der Waals surface area contributed by atoms with Gasteiger partial charge in [-0.2, -0.15) is 0 Å². The summed E-state index contributed by atoms with van der Waals surface area (Å²) in [6.45, 7) is 3.95. The minimum Gasteiger partial charge on any atom is -0.507 e. The summed E-state index contributed by atoms with van der Waals surface area (Å²) in [6, 6.07) is 10.9. The van der Waals surface area contributed by atoms with Gasteiger partial charge in [-0.1, -0.05) is 24.8 Å². The number of Topliss-reactive ketones (excluding diaryl/α,β-unsaturated/α-hetero) is 1. The van der Waals surface area contributed by atoms with E-state index in [2.05, 4.69) is 6.58 Å². The van der Waals surface area contributed by atoms with Crippen LogP contribution in [0.25, 0.3) is 5.76 Å². The molecule has 0 unspecified atom stereocenters. The van der Waals surface area contributed by atoms with Crippen LogP contribution >= 0.6 is 0 Å². The van der Waals surface area contributed by atoms with Gasteiger partial charge in [0, 0.05) is 12.1 Å². The van der Waals surface area contributed by atoms with E-state index in [9.17, 15) is 19.1 Å². The van der Waals surface area contributed by atoms with Crippen LogP contribution in [-0.2, 0) is 14.3 Å². The molecule has 2 aromatic carbocycles. The molecule has 1 saturated heterocycles. The minimum atomic E-state index is -0.912. The molecule has 32 heavy (non-hydrogen) atoms. The van der Waals surface area contributed by atoms with Gasteiger partial charge >= 0.3 is 0 Å². The molecule has 2 N–H and O–H groups in total. The standard InChI is InChI=1S/C24H24FNO6/c1-2-13-32-19-9-5-17(6-10-19)22(28)20-21(16-3-7-18(25)8-4-16)26(24(30)23(20)29)11-14-31-15-12-27/h2-10,21,27-28H,1,11-15H2/t21-/m1/s1. The SMILES string of the molecule is C=CCOc1ccc(C(O)=C2C(=O)C(=O)N(CCOCCO)[C@@H]2c2ccc(F)cc2)cc1. The molecule has 0 aliphatic carbocycles. The molecular formula is C24H24FNO6. The van der Waals surface area contributed by atoms with Gasteiger partial charge in [-0.3, -0.25) is 9.59 Å². The van der Waals surface area contributed by atoms with Crippen LogP contribution in [0.3, 0.4) is 0 Å². The zero-order valence-corrected chi connectivity index (χ0v) is 17.4. The largest absolute Gasteiger partial charge is 0.507 e. The van der Waals surface area contributed by atoms with Crippen LogP contribution in [0.4, 0.5) is 4.39 Å². The third-order valence-electron chi connectivity index (χ3n) is 4.93. The first-order valence-corrected chi connectivity index (χ1v) is 10.0. The fourth-order valence-electron chi connectivity index (χ4n) is 3.45. The molecule has 7 nitrogen and oxygen atoms in total. The van der Waals surface area contributed by atoms with E-state index >= 15 is 0 Å². The molecule has 8 heteroatoms. The zero-order valence-electron chi connectivity index (χ0n) is 17.4. The van der Waals surface area contributed by atoms with Gasteiger partial charge in [-0.25, -0.2) is 4.39 Å². The van der Waals surface area contributed by atoms with Crippen molar-refractivity contribution in [2.24, 2.45) is 0 Å². The molecule has 0 spiro atoms. The summed E-state index contributed by atoms with van der Waals surface area (Å²) in [5.74, 6) is -1.89. The molecular weight excluding hydrogens is 417 g/mol. The number of likely N-dealkylation sites (tertiary alicyclic amines) is 1. The summed E-state index contributed by atoms with van der Waals surface area (Å²) in [6.07, 6.45) is 1.60. The van der Waals surface area contributed by atoms with Crippen molar-refractivity contribution in [2.75, 3.05) is 33.0 Å². The fraction of sp³-hybridized carbons (Fsp3) is 0.250. The van der Waals surface area contributed by atoms with Crippen molar-refractivity contribution in [3.8, 4) is 5.75 Å². The lowest BCUT2D eigenvalue weighted by Crippen LogP contribution is -2.33. The van der Waals surface area contributed by atoms with Gasteiger partial charge in [0.25, 0.3) is 11.7 Å². The van der Waals surface area contributed by atoms with Crippen LogP contribution in [0, 0.1) is 5.82 Å². The lowest BCUT2D eigenvalue weighted by molar-refractivity contribution is -0.140. The van der Waals surface area contributed by atoms with Crippen molar-refractivity contribution < 1.29 is 33.7 Å². The predicted molar refractivity (Wildman–Crippen MR) is 115 cm³/mol. The second-order valence-corrected chi connectivity index (χ2v) is 7.00. The Kier molecular flexibility index (Phi) is 7.75. The topological polar surface area (TPSA) is 96.3 Å². The van der Waals surface area contributed by atoms with Crippen molar-refractivity contribution in [1.82, 2.24) is 4.90 Å². The highest BCUT2D eigenvalue weighted by atomic mass is 19.1. The van der Waals surface area contributed by atoms with Crippen molar-refractivity contribution >= 4 is 17.4 Å². The number of amides is 1. The second kappa shape index (κ2) is 10.7. The van der Waals surface area contributed by atoms with Gasteiger partial charge in [-0.05, 0) is 42.0 Å². The number of halogens is 1. The Morgan fingerprint density at radius 1 is 1.09 bits per heavy atom. The molecule has 2 aromatic rings. The molecule has 1 fully saturated rings. The predicted octanol–water partition coefficient (Wildman–Crippen LogP) is 2.82. The summed E-state index contributed by atoms with van der Waals surface area (Å²) in [5, 5.41) is 19.8. The molecule has 3 rings (SSSR count). The number of nitrogens with zero attached hydrogens (tertiary/aromatic N) is 1. The summed E-state index contributed by atoms with van der Waals surface area (Å²) >= 11 is 0. The zero-order chi connectivity index (χ0) is 23.1. The van der Waals surface area contributed by atoms with Gasteiger partial charge in [0.15, 0.2) is 0 Å². The molecule has 168 valence electrons. The minimum absolute atomic E-state index is 0.0533. The monoisotopic (exact) mass is 441 g/mol. The van der Waals surface area contributed by atoms with E-state index in [1.165, 1.54) is 29.2 Å². The molecule has 1 aliphatic rings. The molecule has 1 heterocycles. The lowest BCUT2D eigenvalue weighted by atomic mass is 9.95. The number of aliphatic hydroxyl groups excluding tert-OH is 2. The maximum atomic E-state index is 13.5. The number of hydrogen-bond acceptors (Lipinski definition) is 6. The van der Waals surface area contributed by atoms with Crippen LogP contribution in [0.2, 0.25) is 0 Å². The number of rotatable bonds is 10. The molecule has 0 aromatic heterocycles. The second-order valence-electron chi connectivity index (χ2n) is 7.00. The maximum Gasteiger partial charge on any atom is 0.295 e. The van der Waals surface area contributed by atoms with Gasteiger partial charge in [0.05, 0.1) is 31.4 Å². The first kappa shape index (κ1) is 23.2. The number of ketones is 1. The van der Waals surface area contributed by atoms with Crippen molar-refractivity contribution in [2.45, 2.75) is 6.04 Å². The maximum absolute atomic E-state index is 13.5. The van der Waals surface area contributed by atoms with E-state index in [0.717, 1.165) is 0 Å². The van der Waals surface area contributed by atoms with Crippen molar-refractivity contribution in [3.63, 3.8) is 0 Å². The average molecular weight is 441 g/mol. The third kappa shape index (κ3) is 5.04. The van der Waals surface area contributed by atoms with E-state index in [-0.39, 0.29) is 37.7 Å². The Morgan fingerprint density at radius 2 is 1.78 bits per heavy atom. The van der Waals surface area contributed by atoms with Crippen molar-refractivity contribution in [3.05, 3.63) is 83.7 Å². The Hall–Kier alpha value is -3.49. The van der Waals surface area contributed by atoms with E-state index in [1.807, 2.05) is 0 Å². The van der Waals surface area contributed by atoms with E-state index < -0.39 is 23.5 Å². The molecule has 0 bridgehead atoms. The summed E-state index contributed by atoms with van der Waals surface area (Å²) < 4.78 is 24.2. The van der Waals surface area contributed by atoms with Crippen molar-refractivity contribution in [1.29, 1.82) is 0 Å². The van der Waals surface area contributed by atoms with Gasteiger partial charge in [0.1, 0.15) is 23.9 Å². The molecule has 0 saturated carbocycles. The first-order chi connectivity index (χ1) is 15.5. The summed E-state index contributed by atoms with van der Waals surface area (Å²) in [4.78, 5) is 26.9. The smallest absolute Gasteiger partial charge is 0.295 e. The third-order valence-corrected chi connectivity index (χ3v) is 4.93. The summed E-state index contributed by atoms with van der Waals surface area (Å²) in [5.41, 5.74) is 0.710. The molecule has 1 amide bonds. The average Bonchev–Trinajstić information content (AvgIpc) is 3.06. The Labute approximate surface area is 185 Å². The van der Waals surface area contributed by atoms with Gasteiger partial charge in [0.2, 0.25) is 0 Å². The highest BCUT2D eigenvalue weighted by molar-refractivity contribution is 6.46. The molecule has 0 radical (unpaired) electrons. The van der Waals surface area contributed by atoms with Crippen LogP contribution in [0.1, 0.15) is 17.2 Å². The highest BCUT2D eigenvalue weighted by Crippen LogP contribution is 2.39.